The van der Waals surface area contributed by atoms with Crippen molar-refractivity contribution in [3.63, 3.8) is 0 Å². The zero-order chi connectivity index (χ0) is 12.3. The van der Waals surface area contributed by atoms with Gasteiger partial charge in [-0.15, -0.1) is 0 Å². The normalized spacial score (nSPS) is 10.5. The summed E-state index contributed by atoms with van der Waals surface area (Å²) in [5.41, 5.74) is 1.71. The van der Waals surface area contributed by atoms with Gasteiger partial charge < -0.3 is 5.32 Å². The molecule has 0 fully saturated rings. The molecule has 0 saturated carbocycles. The van der Waals surface area contributed by atoms with Crippen molar-refractivity contribution in [3.05, 3.63) is 40.6 Å². The first-order valence-electron chi connectivity index (χ1n) is 5.42. The monoisotopic (exact) mass is 233 g/mol. The van der Waals surface area contributed by atoms with Crippen molar-refractivity contribution >= 4 is 5.69 Å². The largest absolute Gasteiger partial charge is 0.387 e. The van der Waals surface area contributed by atoms with Crippen molar-refractivity contribution in [1.82, 2.24) is 19.6 Å². The number of nitrogens with zero attached hydrogens (tertiary/aromatic N) is 4. The molecule has 2 heterocycles. The lowest BCUT2D eigenvalue weighted by Gasteiger charge is -2.05. The zero-order valence-electron chi connectivity index (χ0n) is 9.92. The molecule has 0 atom stereocenters. The number of rotatable bonds is 4. The highest BCUT2D eigenvalue weighted by molar-refractivity contribution is 5.37. The first kappa shape index (κ1) is 11.4. The standard InChI is InChI=1S/C11H15N5O/c1-12-9-7-11(17)16(14-8-9)6-4-10-3-5-13-15(10)2/h3,5,7-8,12H,4,6H2,1-2H3. The van der Waals surface area contributed by atoms with Gasteiger partial charge in [0.05, 0.1) is 18.4 Å². The maximum atomic E-state index is 11.7. The molecule has 0 bridgehead atoms. The molecule has 0 aliphatic heterocycles. The molecule has 0 radical (unpaired) electrons. The lowest BCUT2D eigenvalue weighted by Crippen LogP contribution is -2.23. The molecule has 2 aromatic rings. The van der Waals surface area contributed by atoms with E-state index < -0.39 is 0 Å². The van der Waals surface area contributed by atoms with Gasteiger partial charge in [-0.3, -0.25) is 9.48 Å². The molecule has 6 nitrogen and oxygen atoms in total. The fraction of sp³-hybridized carbons (Fsp3) is 0.364. The summed E-state index contributed by atoms with van der Waals surface area (Å²) < 4.78 is 3.25. The molecule has 2 aromatic heterocycles. The summed E-state index contributed by atoms with van der Waals surface area (Å²) in [6.45, 7) is 0.558. The van der Waals surface area contributed by atoms with Gasteiger partial charge in [0.25, 0.3) is 5.56 Å². The van der Waals surface area contributed by atoms with Crippen LogP contribution in [0.3, 0.4) is 0 Å². The molecule has 0 spiro atoms. The van der Waals surface area contributed by atoms with Gasteiger partial charge in [-0.25, -0.2) is 4.68 Å². The molecule has 0 unspecified atom stereocenters. The molecule has 0 saturated heterocycles. The predicted octanol–water partition coefficient (Wildman–Crippen LogP) is 0.261. The van der Waals surface area contributed by atoms with Crippen molar-refractivity contribution in [3.8, 4) is 0 Å². The van der Waals surface area contributed by atoms with Crippen LogP contribution in [-0.4, -0.2) is 26.6 Å². The Morgan fingerprint density at radius 2 is 2.24 bits per heavy atom. The summed E-state index contributed by atoms with van der Waals surface area (Å²) in [5, 5.41) is 11.1. The third kappa shape index (κ3) is 2.52. The van der Waals surface area contributed by atoms with Gasteiger partial charge in [0.1, 0.15) is 0 Å². The van der Waals surface area contributed by atoms with Crippen LogP contribution in [0.15, 0.2) is 29.3 Å². The van der Waals surface area contributed by atoms with Crippen LogP contribution in [-0.2, 0) is 20.0 Å². The smallest absolute Gasteiger partial charge is 0.268 e. The Morgan fingerprint density at radius 3 is 2.82 bits per heavy atom. The van der Waals surface area contributed by atoms with Crippen molar-refractivity contribution in [2.24, 2.45) is 7.05 Å². The van der Waals surface area contributed by atoms with E-state index in [0.717, 1.165) is 17.8 Å². The van der Waals surface area contributed by atoms with Crippen molar-refractivity contribution in [2.75, 3.05) is 12.4 Å². The summed E-state index contributed by atoms with van der Waals surface area (Å²) in [7, 11) is 3.64. The van der Waals surface area contributed by atoms with Crippen LogP contribution in [0, 0.1) is 0 Å². The van der Waals surface area contributed by atoms with Crippen molar-refractivity contribution in [2.45, 2.75) is 13.0 Å². The molecule has 90 valence electrons. The Hall–Kier alpha value is -2.11. The Labute approximate surface area is 98.9 Å². The second kappa shape index (κ2) is 4.82. The van der Waals surface area contributed by atoms with E-state index in [1.165, 1.54) is 10.7 Å². The van der Waals surface area contributed by atoms with E-state index in [0.29, 0.717) is 6.54 Å². The van der Waals surface area contributed by atoms with E-state index in [9.17, 15) is 4.79 Å². The van der Waals surface area contributed by atoms with Crippen LogP contribution < -0.4 is 10.9 Å². The molecule has 2 rings (SSSR count). The second-order valence-corrected chi connectivity index (χ2v) is 3.75. The average molecular weight is 233 g/mol. The summed E-state index contributed by atoms with van der Waals surface area (Å²) in [4.78, 5) is 11.7. The van der Waals surface area contributed by atoms with Gasteiger partial charge in [0.2, 0.25) is 0 Å². The molecule has 1 N–H and O–H groups in total. The van der Waals surface area contributed by atoms with E-state index in [-0.39, 0.29) is 5.56 Å². The lowest BCUT2D eigenvalue weighted by molar-refractivity contribution is 0.558. The van der Waals surface area contributed by atoms with Crippen molar-refractivity contribution in [1.29, 1.82) is 0 Å². The second-order valence-electron chi connectivity index (χ2n) is 3.75. The van der Waals surface area contributed by atoms with Crippen LogP contribution in [0.1, 0.15) is 5.69 Å². The number of nitrogens with one attached hydrogen (secondary N) is 1. The van der Waals surface area contributed by atoms with Gasteiger partial charge >= 0.3 is 0 Å². The van der Waals surface area contributed by atoms with Gasteiger partial charge in [-0.05, 0) is 6.07 Å². The number of aromatic nitrogens is 4. The molecule has 6 heteroatoms. The zero-order valence-corrected chi connectivity index (χ0v) is 9.92. The quantitative estimate of drug-likeness (QED) is 0.822. The Kier molecular flexibility index (Phi) is 3.22. The number of aryl methyl sites for hydroxylation is 3. The minimum Gasteiger partial charge on any atom is -0.387 e. The summed E-state index contributed by atoms with van der Waals surface area (Å²) >= 11 is 0. The van der Waals surface area contributed by atoms with Crippen LogP contribution in [0.25, 0.3) is 0 Å². The summed E-state index contributed by atoms with van der Waals surface area (Å²) in [5.74, 6) is 0. The predicted molar refractivity (Wildman–Crippen MR) is 65.0 cm³/mol. The minimum absolute atomic E-state index is 0.0981. The Balaban J connectivity index is 2.10. The maximum Gasteiger partial charge on any atom is 0.268 e. The topological polar surface area (TPSA) is 64.7 Å². The van der Waals surface area contributed by atoms with Gasteiger partial charge in [0, 0.05) is 38.5 Å². The molecule has 0 aliphatic carbocycles. The molecule has 0 aliphatic rings. The summed E-state index contributed by atoms with van der Waals surface area (Å²) in [6.07, 6.45) is 4.13. The van der Waals surface area contributed by atoms with E-state index in [1.807, 2.05) is 13.1 Å². The Morgan fingerprint density at radius 1 is 1.41 bits per heavy atom. The van der Waals surface area contributed by atoms with E-state index in [2.05, 4.69) is 15.5 Å². The molecular weight excluding hydrogens is 218 g/mol. The molecule has 17 heavy (non-hydrogen) atoms. The van der Waals surface area contributed by atoms with Gasteiger partial charge in [0.15, 0.2) is 0 Å². The van der Waals surface area contributed by atoms with Crippen LogP contribution in [0.2, 0.25) is 0 Å². The first-order valence-corrected chi connectivity index (χ1v) is 5.42. The minimum atomic E-state index is -0.0981. The van der Waals surface area contributed by atoms with Crippen LogP contribution in [0.4, 0.5) is 5.69 Å². The number of hydrogen-bond acceptors (Lipinski definition) is 4. The fourth-order valence-electron chi connectivity index (χ4n) is 1.61. The number of anilines is 1. The fourth-order valence-corrected chi connectivity index (χ4v) is 1.61. The van der Waals surface area contributed by atoms with E-state index in [1.54, 1.807) is 24.1 Å². The molecule has 0 amide bonds. The molecule has 0 aromatic carbocycles. The van der Waals surface area contributed by atoms with Crippen molar-refractivity contribution < 1.29 is 0 Å². The highest BCUT2D eigenvalue weighted by Crippen LogP contribution is 2.00. The lowest BCUT2D eigenvalue weighted by atomic mass is 10.3. The SMILES string of the molecule is CNc1cnn(CCc2ccnn2C)c(=O)c1. The number of hydrogen-bond donors (Lipinski definition) is 1. The van der Waals surface area contributed by atoms with E-state index in [4.69, 9.17) is 0 Å². The molecular formula is C11H15N5O. The Bertz CT molecular complexity index is 557. The third-order valence-corrected chi connectivity index (χ3v) is 2.66. The van der Waals surface area contributed by atoms with Gasteiger partial charge in [-0.1, -0.05) is 0 Å². The first-order chi connectivity index (χ1) is 8.20. The highest BCUT2D eigenvalue weighted by atomic mass is 16.1. The average Bonchev–Trinajstić information content (AvgIpc) is 2.73. The van der Waals surface area contributed by atoms with Crippen LogP contribution in [0.5, 0.6) is 0 Å². The third-order valence-electron chi connectivity index (χ3n) is 2.66. The van der Waals surface area contributed by atoms with Crippen LogP contribution >= 0.6 is 0 Å². The van der Waals surface area contributed by atoms with Gasteiger partial charge in [-0.2, -0.15) is 10.2 Å². The van der Waals surface area contributed by atoms with E-state index >= 15 is 0 Å². The highest BCUT2D eigenvalue weighted by Gasteiger charge is 2.02. The maximum absolute atomic E-state index is 11.7. The summed E-state index contributed by atoms with van der Waals surface area (Å²) in [6, 6.07) is 3.48.